The summed E-state index contributed by atoms with van der Waals surface area (Å²) in [4.78, 5) is 185. The molecule has 0 unspecified atom stereocenters. The number of H-pyrrole nitrogens is 1. The fourth-order valence-corrected chi connectivity index (χ4v) is 8.17. The van der Waals surface area contributed by atoms with Gasteiger partial charge in [-0.25, -0.2) is 4.79 Å². The van der Waals surface area contributed by atoms with Crippen LogP contribution in [0.4, 0.5) is 0 Å². The number of hydrogen-bond acceptors (Lipinski definition) is 19. The second-order valence-corrected chi connectivity index (χ2v) is 19.3. The van der Waals surface area contributed by atoms with E-state index < -0.39 is 182 Å². The molecule has 3 rings (SSSR count). The number of aromatic amines is 1. The Morgan fingerprint density at radius 3 is 1.83 bits per heavy atom. The average Bonchev–Trinajstić information content (AvgIpc) is 3.80. The zero-order valence-corrected chi connectivity index (χ0v) is 46.8. The van der Waals surface area contributed by atoms with Crippen LogP contribution in [-0.2, 0) is 70.5 Å². The van der Waals surface area contributed by atoms with E-state index in [0.29, 0.717) is 22.9 Å². The van der Waals surface area contributed by atoms with E-state index in [1.807, 2.05) is 0 Å². The summed E-state index contributed by atoms with van der Waals surface area (Å²) in [6.07, 6.45) is -0.153. The van der Waals surface area contributed by atoms with Crippen LogP contribution in [0.1, 0.15) is 45.7 Å². The number of rotatable bonds is 31. The van der Waals surface area contributed by atoms with E-state index in [-0.39, 0.29) is 11.3 Å². The number of carbonyl (C=O) groups is 12. The number of nitrogens with two attached hydrogens (primary N) is 2. The maximum atomic E-state index is 14.8. The van der Waals surface area contributed by atoms with Crippen molar-refractivity contribution in [2.75, 3.05) is 37.7 Å². The lowest BCUT2D eigenvalue weighted by Crippen LogP contribution is -2.60. The number of nitrogens with zero attached hydrogens (tertiary/aromatic N) is 3. The number of thiol groups is 2. The summed E-state index contributed by atoms with van der Waals surface area (Å²) in [6, 6.07) is -5.04. The van der Waals surface area contributed by atoms with Crippen LogP contribution in [0.15, 0.2) is 46.2 Å². The molecular weight excluding hydrogens is 1110 g/mol. The fourth-order valence-electron chi connectivity index (χ4n) is 7.66. The molecule has 0 radical (unpaired) electrons. The Bertz CT molecular complexity index is 2950. The molecular formula is C48H69N15O16S2. The van der Waals surface area contributed by atoms with Gasteiger partial charge in [0.2, 0.25) is 71.4 Å². The van der Waals surface area contributed by atoms with Gasteiger partial charge >= 0.3 is 5.69 Å². The number of para-hydroxylation sites is 1. The van der Waals surface area contributed by atoms with Crippen molar-refractivity contribution >= 4 is 108 Å². The second-order valence-electron chi connectivity index (χ2n) is 18.6. The van der Waals surface area contributed by atoms with Crippen LogP contribution < -0.4 is 70.6 Å². The Morgan fingerprint density at radius 2 is 1.25 bits per heavy atom. The molecule has 0 spiro atoms. The smallest absolute Gasteiger partial charge is 0.328 e. The monoisotopic (exact) mass is 1180 g/mol. The number of aliphatic hydroxyl groups is 2. The van der Waals surface area contributed by atoms with E-state index in [2.05, 4.69) is 78.1 Å². The van der Waals surface area contributed by atoms with Crippen molar-refractivity contribution in [1.29, 1.82) is 0 Å². The van der Waals surface area contributed by atoms with Crippen molar-refractivity contribution in [2.45, 2.75) is 115 Å². The number of aryl methyl sites for hydroxylation is 1. The normalized spacial score (nSPS) is 14.8. The first kappa shape index (κ1) is 67.1. The van der Waals surface area contributed by atoms with Crippen molar-refractivity contribution in [3.05, 3.63) is 68.6 Å². The third-order valence-corrected chi connectivity index (χ3v) is 12.9. The molecule has 16 N–H and O–H groups in total. The molecule has 31 nitrogen and oxygen atoms in total. The number of benzene rings is 1. The van der Waals surface area contributed by atoms with Gasteiger partial charge in [0.15, 0.2) is 0 Å². The van der Waals surface area contributed by atoms with E-state index in [1.165, 1.54) is 52.3 Å². The van der Waals surface area contributed by atoms with Crippen molar-refractivity contribution < 1.29 is 67.7 Å². The highest BCUT2D eigenvalue weighted by Crippen LogP contribution is 2.23. The predicted octanol–water partition coefficient (Wildman–Crippen LogP) is -7.97. The van der Waals surface area contributed by atoms with Gasteiger partial charge in [0.05, 0.1) is 30.8 Å². The maximum absolute atomic E-state index is 14.8. The number of primary amides is 1. The van der Waals surface area contributed by atoms with Gasteiger partial charge in [-0.15, -0.1) is 0 Å². The average molecular weight is 1180 g/mol. The molecule has 0 saturated heterocycles. The number of aliphatic hydroxyl groups excluding tert-OH is 2. The molecule has 1 aromatic carbocycles. The first-order chi connectivity index (χ1) is 38.1. The summed E-state index contributed by atoms with van der Waals surface area (Å²) >= 11 is 8.33. The molecule has 3 aromatic rings. The highest BCUT2D eigenvalue weighted by atomic mass is 32.1. The van der Waals surface area contributed by atoms with Gasteiger partial charge in [-0.1, -0.05) is 18.2 Å². The summed E-state index contributed by atoms with van der Waals surface area (Å²) in [5.41, 5.74) is 9.55. The Labute approximate surface area is 473 Å². The second kappa shape index (κ2) is 31.6. The zero-order chi connectivity index (χ0) is 61.0. The number of carbonyl (C=O) groups excluding carboxylic acids is 12. The first-order valence-corrected chi connectivity index (χ1v) is 26.2. The minimum absolute atomic E-state index is 0.0354. The lowest BCUT2D eigenvalue weighted by Gasteiger charge is -2.32. The van der Waals surface area contributed by atoms with Crippen LogP contribution in [0.5, 0.6) is 0 Å². The number of aromatic nitrogens is 3. The van der Waals surface area contributed by atoms with E-state index in [9.17, 15) is 77.3 Å². The molecule has 0 aliphatic carbocycles. The van der Waals surface area contributed by atoms with Gasteiger partial charge in [0.1, 0.15) is 54.9 Å². The Kier molecular flexibility index (Phi) is 26.2. The highest BCUT2D eigenvalue weighted by Gasteiger charge is 2.36. The van der Waals surface area contributed by atoms with Gasteiger partial charge in [-0.2, -0.15) is 25.3 Å². The number of fused-ring (bicyclic) bond motifs is 1. The molecule has 0 aliphatic rings. The fraction of sp³-hybridized carbons (Fsp3) is 0.500. The van der Waals surface area contributed by atoms with Crippen LogP contribution in [0, 0.1) is 6.92 Å². The molecule has 2 aromatic heterocycles. The Morgan fingerprint density at radius 1 is 0.691 bits per heavy atom. The standard InChI is InChI=1S/C48H69N15O16S2/c1-22-16-61(48(79)60-40(22)71)18-36(69)63(12-11-51-41(72)23(2)53-35(68)15-52-42(73)24(3)55-47(78)38(27(6)66)58-34(67)14-49)33(13-28-17-62(21-64)32-10-8-7-9-29(28)32)46(77)57-30(19-80)44(75)54-25(4)43(74)56-31(20-81)45(76)59-37(26(5)65)39(50)70/h7-10,16-17,21,23-27,30-31,33,37-38,65-66,80-81H,11-15,18-20,49H2,1-6H3,(H2,50,70)(H,51,72)(H,52,73)(H,53,68)(H,54,75)(H,55,78)(H,56,74)(H,57,77)(H,58,67)(H,59,76)(H,60,71,79)/t23-,24-,25-,26+,27+,30-,31-,33-,37-,38-/m0/s1. The van der Waals surface area contributed by atoms with Gasteiger partial charge in [-0.05, 0) is 53.2 Å². The van der Waals surface area contributed by atoms with Crippen molar-refractivity contribution in [2.24, 2.45) is 11.5 Å². The summed E-state index contributed by atoms with van der Waals surface area (Å²) in [7, 11) is 0. The van der Waals surface area contributed by atoms with Crippen molar-refractivity contribution in [1.82, 2.24) is 66.9 Å². The highest BCUT2D eigenvalue weighted by molar-refractivity contribution is 7.80. The number of nitrogens with one attached hydrogen (secondary N) is 10. The molecule has 10 atom stereocenters. The SMILES string of the molecule is Cc1cn(CC(=O)N(CCNC(=O)[C@H](C)NC(=O)CNC(=O)[C@H](C)NC(=O)[C@@H](NC(=O)CN)[C@@H](C)O)[C@@H](Cc2cn(C=O)c3ccccc23)C(=O)N[C@@H](CS)C(=O)N[C@@H](C)C(=O)N[C@@H](CS)C(=O)N[C@H](C(N)=O)[C@@H](C)O)c(=O)[nH]c1=O. The Hall–Kier alpha value is -8.14. The summed E-state index contributed by atoms with van der Waals surface area (Å²) in [5, 5.41) is 41.5. The molecule has 0 aliphatic heterocycles. The lowest BCUT2D eigenvalue weighted by atomic mass is 10.0. The van der Waals surface area contributed by atoms with Gasteiger partial charge < -0.3 is 74.4 Å². The topological polar surface area (TPSA) is 469 Å². The van der Waals surface area contributed by atoms with Crippen LogP contribution in [-0.4, -0.2) is 199 Å². The molecule has 2 heterocycles. The number of hydrogen-bond donors (Lipinski definition) is 16. The van der Waals surface area contributed by atoms with Gasteiger partial charge in [-0.3, -0.25) is 76.4 Å². The molecule has 444 valence electrons. The molecule has 0 bridgehead atoms. The van der Waals surface area contributed by atoms with Gasteiger partial charge in [0.25, 0.3) is 5.56 Å². The van der Waals surface area contributed by atoms with Crippen LogP contribution >= 0.6 is 25.3 Å². The van der Waals surface area contributed by atoms with Crippen LogP contribution in [0.25, 0.3) is 10.9 Å². The third kappa shape index (κ3) is 19.6. The summed E-state index contributed by atoms with van der Waals surface area (Å²) < 4.78 is 2.08. The predicted molar refractivity (Wildman–Crippen MR) is 295 cm³/mol. The zero-order valence-electron chi connectivity index (χ0n) is 45.0. The molecule has 0 fully saturated rings. The molecule has 33 heteroatoms. The minimum Gasteiger partial charge on any atom is -0.391 e. The quantitative estimate of drug-likeness (QED) is 0.0210. The van der Waals surface area contributed by atoms with Crippen molar-refractivity contribution in [3.8, 4) is 0 Å². The Balaban J connectivity index is 1.91. The number of amides is 11. The van der Waals surface area contributed by atoms with E-state index >= 15 is 0 Å². The van der Waals surface area contributed by atoms with Crippen LogP contribution in [0.3, 0.4) is 0 Å². The maximum Gasteiger partial charge on any atom is 0.328 e. The molecule has 81 heavy (non-hydrogen) atoms. The lowest BCUT2D eigenvalue weighted by molar-refractivity contribution is -0.142. The summed E-state index contributed by atoms with van der Waals surface area (Å²) in [6.45, 7) is 4.62. The first-order valence-electron chi connectivity index (χ1n) is 25.0. The van der Waals surface area contributed by atoms with E-state index in [4.69, 9.17) is 11.5 Å². The van der Waals surface area contributed by atoms with E-state index in [1.54, 1.807) is 24.3 Å². The van der Waals surface area contributed by atoms with Gasteiger partial charge in [0, 0.05) is 54.4 Å². The minimum atomic E-state index is -1.66. The summed E-state index contributed by atoms with van der Waals surface area (Å²) in [5.74, 6) is -10.9. The third-order valence-electron chi connectivity index (χ3n) is 12.2. The molecule has 11 amide bonds. The van der Waals surface area contributed by atoms with Crippen LogP contribution in [0.2, 0.25) is 0 Å². The van der Waals surface area contributed by atoms with E-state index in [0.717, 1.165) is 15.7 Å². The molecule has 0 saturated carbocycles. The largest absolute Gasteiger partial charge is 0.391 e. The van der Waals surface area contributed by atoms with Crippen molar-refractivity contribution in [3.63, 3.8) is 0 Å².